The van der Waals surface area contributed by atoms with E-state index in [-0.39, 0.29) is 11.5 Å². The van der Waals surface area contributed by atoms with Crippen molar-refractivity contribution in [1.29, 1.82) is 0 Å². The van der Waals surface area contributed by atoms with Gasteiger partial charge in [0.1, 0.15) is 0 Å². The van der Waals surface area contributed by atoms with E-state index in [4.69, 9.17) is 5.21 Å². The third-order valence-electron chi connectivity index (χ3n) is 5.40. The number of nitrogens with one attached hydrogen (secondary N) is 2. The van der Waals surface area contributed by atoms with E-state index in [1.807, 2.05) is 0 Å². The van der Waals surface area contributed by atoms with Gasteiger partial charge in [0.25, 0.3) is 11.8 Å². The molecule has 24 heavy (non-hydrogen) atoms. The van der Waals surface area contributed by atoms with Crippen LogP contribution < -0.4 is 10.9 Å². The number of fused-ring (bicyclic) bond motifs is 1. The lowest BCUT2D eigenvalue weighted by molar-refractivity contribution is -0.00126. The van der Waals surface area contributed by atoms with Crippen LogP contribution in [0.15, 0.2) is 41.0 Å². The van der Waals surface area contributed by atoms with Gasteiger partial charge in [-0.1, -0.05) is 19.9 Å². The SMILES string of the molecule is CC1(C)[C@H]2CC=C(C=NNC(=O)c3ccc(C(=O)NO)cc3)[C@@H]1C2. The van der Waals surface area contributed by atoms with Gasteiger partial charge in [0, 0.05) is 11.1 Å². The molecule has 2 atom stereocenters. The first kappa shape index (κ1) is 16.4. The van der Waals surface area contributed by atoms with E-state index in [0.717, 1.165) is 12.3 Å². The maximum atomic E-state index is 12.1. The first-order chi connectivity index (χ1) is 11.4. The Bertz CT molecular complexity index is 720. The lowest BCUT2D eigenvalue weighted by Gasteiger charge is -2.55. The Hall–Kier alpha value is -2.47. The first-order valence-electron chi connectivity index (χ1n) is 8.01. The molecule has 3 aliphatic rings. The standard InChI is InChI=1S/C18H21N3O3/c1-18(2)14-8-7-13(15(18)9-14)10-19-20-16(22)11-3-5-12(6-4-11)17(23)21-24/h3-7,10,14-15,24H,8-9H2,1-2H3,(H,20,22)(H,21,23)/t14-,15-/m0/s1. The van der Waals surface area contributed by atoms with Crippen LogP contribution >= 0.6 is 0 Å². The quantitative estimate of drug-likeness (QED) is 0.451. The summed E-state index contributed by atoms with van der Waals surface area (Å²) in [5.74, 6) is 0.326. The fourth-order valence-corrected chi connectivity index (χ4v) is 3.61. The van der Waals surface area contributed by atoms with E-state index in [0.29, 0.717) is 16.9 Å². The van der Waals surface area contributed by atoms with Gasteiger partial charge in [-0.2, -0.15) is 5.10 Å². The lowest BCUT2D eigenvalue weighted by Crippen LogP contribution is -2.48. The van der Waals surface area contributed by atoms with Crippen LogP contribution in [0.3, 0.4) is 0 Å². The molecular formula is C18H21N3O3. The summed E-state index contributed by atoms with van der Waals surface area (Å²) in [6, 6.07) is 5.94. The molecule has 0 aliphatic heterocycles. The Morgan fingerprint density at radius 1 is 1.21 bits per heavy atom. The molecule has 4 rings (SSSR count). The van der Waals surface area contributed by atoms with E-state index >= 15 is 0 Å². The van der Waals surface area contributed by atoms with Gasteiger partial charge in [-0.3, -0.25) is 14.8 Å². The Morgan fingerprint density at radius 2 is 1.83 bits per heavy atom. The number of hydrogen-bond acceptors (Lipinski definition) is 4. The maximum absolute atomic E-state index is 12.1. The molecule has 1 saturated carbocycles. The number of nitrogens with zero attached hydrogens (tertiary/aromatic N) is 1. The minimum absolute atomic E-state index is 0.270. The number of amides is 2. The van der Waals surface area contributed by atoms with Crippen LogP contribution in [0.25, 0.3) is 0 Å². The second-order valence-corrected chi connectivity index (χ2v) is 6.96. The van der Waals surface area contributed by atoms with Crippen molar-refractivity contribution in [1.82, 2.24) is 10.9 Å². The third-order valence-corrected chi connectivity index (χ3v) is 5.40. The molecule has 1 aromatic carbocycles. The molecule has 0 heterocycles. The van der Waals surface area contributed by atoms with Crippen molar-refractivity contribution in [3.63, 3.8) is 0 Å². The summed E-state index contributed by atoms with van der Waals surface area (Å²) in [4.78, 5) is 23.3. The molecule has 6 heteroatoms. The number of hydrogen-bond donors (Lipinski definition) is 3. The number of rotatable bonds is 4. The van der Waals surface area contributed by atoms with Gasteiger partial charge in [-0.25, -0.2) is 10.9 Å². The van der Waals surface area contributed by atoms with Crippen molar-refractivity contribution in [3.05, 3.63) is 47.0 Å². The normalized spacial score (nSPS) is 24.0. The highest BCUT2D eigenvalue weighted by Crippen LogP contribution is 2.58. The molecular weight excluding hydrogens is 306 g/mol. The summed E-state index contributed by atoms with van der Waals surface area (Å²) in [5.41, 5.74) is 6.24. The van der Waals surface area contributed by atoms with E-state index in [1.165, 1.54) is 36.3 Å². The van der Waals surface area contributed by atoms with Gasteiger partial charge in [0.05, 0.1) is 6.21 Å². The smallest absolute Gasteiger partial charge is 0.274 e. The topological polar surface area (TPSA) is 90.8 Å². The number of carbonyl (C=O) groups is 2. The Morgan fingerprint density at radius 3 is 2.38 bits per heavy atom. The van der Waals surface area contributed by atoms with Crippen molar-refractivity contribution < 1.29 is 14.8 Å². The van der Waals surface area contributed by atoms with Crippen LogP contribution in [0, 0.1) is 17.3 Å². The van der Waals surface area contributed by atoms with Gasteiger partial charge in [-0.15, -0.1) is 0 Å². The van der Waals surface area contributed by atoms with E-state index < -0.39 is 5.91 Å². The van der Waals surface area contributed by atoms with Crippen molar-refractivity contribution >= 4 is 18.0 Å². The number of benzene rings is 1. The van der Waals surface area contributed by atoms with E-state index in [9.17, 15) is 9.59 Å². The predicted octanol–water partition coefficient (Wildman–Crippen LogP) is 2.51. The molecule has 3 aliphatic carbocycles. The number of hydroxylamine groups is 1. The number of allylic oxidation sites excluding steroid dienone is 2. The monoisotopic (exact) mass is 327 g/mol. The number of hydrazone groups is 1. The van der Waals surface area contributed by atoms with Gasteiger partial charge >= 0.3 is 0 Å². The highest BCUT2D eigenvalue weighted by molar-refractivity contribution is 5.97. The molecule has 0 aromatic heterocycles. The van der Waals surface area contributed by atoms with Gasteiger partial charge in [0.2, 0.25) is 0 Å². The molecule has 0 saturated heterocycles. The highest BCUT2D eigenvalue weighted by atomic mass is 16.5. The zero-order valence-electron chi connectivity index (χ0n) is 13.7. The third kappa shape index (κ3) is 2.85. The van der Waals surface area contributed by atoms with Crippen LogP contribution in [0.4, 0.5) is 0 Å². The summed E-state index contributed by atoms with van der Waals surface area (Å²) < 4.78 is 0. The molecule has 0 spiro atoms. The van der Waals surface area contributed by atoms with Gasteiger partial charge in [0.15, 0.2) is 0 Å². The fourth-order valence-electron chi connectivity index (χ4n) is 3.61. The van der Waals surface area contributed by atoms with Crippen LogP contribution in [0.2, 0.25) is 0 Å². The second kappa shape index (κ2) is 6.20. The van der Waals surface area contributed by atoms with Crippen LogP contribution in [-0.2, 0) is 0 Å². The average Bonchev–Trinajstić information content (AvgIpc) is 2.61. The fraction of sp³-hybridized carbons (Fsp3) is 0.389. The summed E-state index contributed by atoms with van der Waals surface area (Å²) in [6.07, 6.45) is 6.23. The minimum Gasteiger partial charge on any atom is -0.288 e. The minimum atomic E-state index is -0.620. The average molecular weight is 327 g/mol. The zero-order valence-corrected chi connectivity index (χ0v) is 13.7. The van der Waals surface area contributed by atoms with Crippen molar-refractivity contribution in [3.8, 4) is 0 Å². The molecule has 126 valence electrons. The van der Waals surface area contributed by atoms with Crippen molar-refractivity contribution in [2.24, 2.45) is 22.4 Å². The molecule has 0 unspecified atom stereocenters. The maximum Gasteiger partial charge on any atom is 0.274 e. The first-order valence-corrected chi connectivity index (χ1v) is 8.01. The van der Waals surface area contributed by atoms with Crippen LogP contribution in [-0.4, -0.2) is 23.2 Å². The Kier molecular flexibility index (Phi) is 4.24. The Balaban J connectivity index is 1.60. The molecule has 0 radical (unpaired) electrons. The summed E-state index contributed by atoms with van der Waals surface area (Å²) in [6.45, 7) is 4.57. The Labute approximate surface area is 140 Å². The molecule has 2 bridgehead atoms. The summed E-state index contributed by atoms with van der Waals surface area (Å²) in [5, 5.41) is 12.6. The van der Waals surface area contributed by atoms with Crippen molar-refractivity contribution in [2.75, 3.05) is 0 Å². The number of carbonyl (C=O) groups excluding carboxylic acids is 2. The van der Waals surface area contributed by atoms with E-state index in [1.54, 1.807) is 11.7 Å². The molecule has 1 aromatic rings. The van der Waals surface area contributed by atoms with E-state index in [2.05, 4.69) is 30.5 Å². The van der Waals surface area contributed by atoms with Gasteiger partial charge in [-0.05, 0) is 59.9 Å². The predicted molar refractivity (Wildman–Crippen MR) is 89.7 cm³/mol. The van der Waals surface area contributed by atoms with Crippen molar-refractivity contribution in [2.45, 2.75) is 26.7 Å². The van der Waals surface area contributed by atoms with Crippen LogP contribution in [0.1, 0.15) is 47.4 Å². The van der Waals surface area contributed by atoms with Crippen LogP contribution in [0.5, 0.6) is 0 Å². The molecule has 3 N–H and O–H groups in total. The molecule has 6 nitrogen and oxygen atoms in total. The highest BCUT2D eigenvalue weighted by Gasteiger charge is 2.50. The lowest BCUT2D eigenvalue weighted by atomic mass is 9.49. The summed E-state index contributed by atoms with van der Waals surface area (Å²) >= 11 is 0. The zero-order chi connectivity index (χ0) is 17.3. The summed E-state index contributed by atoms with van der Waals surface area (Å²) in [7, 11) is 0. The second-order valence-electron chi connectivity index (χ2n) is 6.96. The molecule has 2 amide bonds. The molecule has 1 fully saturated rings. The largest absolute Gasteiger partial charge is 0.288 e. The van der Waals surface area contributed by atoms with Gasteiger partial charge < -0.3 is 0 Å².